The summed E-state index contributed by atoms with van der Waals surface area (Å²) in [6, 6.07) is 6.75. The van der Waals surface area contributed by atoms with Gasteiger partial charge in [0.2, 0.25) is 0 Å². The van der Waals surface area contributed by atoms with Crippen molar-refractivity contribution in [2.24, 2.45) is 0 Å². The Balaban J connectivity index is 1.97. The Morgan fingerprint density at radius 3 is 2.72 bits per heavy atom. The number of likely N-dealkylation sites (tertiary alicyclic amines) is 1. The highest BCUT2D eigenvalue weighted by molar-refractivity contribution is 5.18. The fraction of sp³-hybridized carbons (Fsp3) is 0.600. The van der Waals surface area contributed by atoms with Crippen LogP contribution in [0.25, 0.3) is 0 Å². The van der Waals surface area contributed by atoms with Gasteiger partial charge in [0, 0.05) is 12.6 Å². The van der Waals surface area contributed by atoms with Crippen molar-refractivity contribution in [1.82, 2.24) is 4.90 Å². The molecule has 1 heterocycles. The van der Waals surface area contributed by atoms with E-state index in [0.29, 0.717) is 12.6 Å². The molecule has 0 radical (unpaired) electrons. The third-order valence-electron chi connectivity index (χ3n) is 3.88. The van der Waals surface area contributed by atoms with Crippen LogP contribution in [0.5, 0.6) is 0 Å². The lowest BCUT2D eigenvalue weighted by atomic mass is 9.98. The Morgan fingerprint density at radius 1 is 1.33 bits per heavy atom. The molecule has 0 spiro atoms. The summed E-state index contributed by atoms with van der Waals surface area (Å²) in [5.74, 6) is -0.254. The maximum absolute atomic E-state index is 12.8. The van der Waals surface area contributed by atoms with E-state index in [1.807, 2.05) is 0 Å². The lowest BCUT2D eigenvalue weighted by Crippen LogP contribution is -2.41. The van der Waals surface area contributed by atoms with E-state index in [4.69, 9.17) is 0 Å². The molecule has 100 valence electrons. The summed E-state index contributed by atoms with van der Waals surface area (Å²) in [6.45, 7) is 3.92. The van der Waals surface area contributed by atoms with Crippen molar-refractivity contribution >= 4 is 0 Å². The van der Waals surface area contributed by atoms with Crippen LogP contribution in [-0.4, -0.2) is 29.1 Å². The molecule has 2 unspecified atom stereocenters. The minimum Gasteiger partial charge on any atom is -0.387 e. The predicted octanol–water partition coefficient (Wildman–Crippen LogP) is 3.12. The summed E-state index contributed by atoms with van der Waals surface area (Å²) in [5.41, 5.74) is 0.803. The Bertz CT molecular complexity index is 365. The number of nitrogens with zero attached hydrogens (tertiary/aromatic N) is 1. The summed E-state index contributed by atoms with van der Waals surface area (Å²) >= 11 is 0. The van der Waals surface area contributed by atoms with Gasteiger partial charge in [0.25, 0.3) is 0 Å². The van der Waals surface area contributed by atoms with E-state index in [0.717, 1.165) is 18.5 Å². The minimum atomic E-state index is -0.516. The summed E-state index contributed by atoms with van der Waals surface area (Å²) in [6.07, 6.45) is 4.36. The second kappa shape index (κ2) is 6.30. The van der Waals surface area contributed by atoms with E-state index in [-0.39, 0.29) is 5.82 Å². The standard InChI is InChI=1S/C15H22FNO/c1-2-14-5-3-4-10-17(14)11-15(18)12-6-8-13(16)9-7-12/h6-9,14-15,18H,2-5,10-11H2,1H3. The van der Waals surface area contributed by atoms with Crippen LogP contribution in [0.15, 0.2) is 24.3 Å². The Hall–Kier alpha value is -0.930. The number of hydrogen-bond donors (Lipinski definition) is 1. The van der Waals surface area contributed by atoms with Crippen LogP contribution in [0, 0.1) is 5.82 Å². The average molecular weight is 251 g/mol. The molecule has 0 aliphatic carbocycles. The number of piperidine rings is 1. The van der Waals surface area contributed by atoms with Gasteiger partial charge in [-0.1, -0.05) is 25.5 Å². The van der Waals surface area contributed by atoms with Gasteiger partial charge in [0.1, 0.15) is 5.82 Å². The summed E-state index contributed by atoms with van der Waals surface area (Å²) in [7, 11) is 0. The Kier molecular flexibility index (Phi) is 4.72. The molecule has 1 aliphatic heterocycles. The van der Waals surface area contributed by atoms with E-state index in [1.165, 1.54) is 31.4 Å². The quantitative estimate of drug-likeness (QED) is 0.888. The lowest BCUT2D eigenvalue weighted by Gasteiger charge is -2.36. The monoisotopic (exact) mass is 251 g/mol. The summed E-state index contributed by atoms with van der Waals surface area (Å²) < 4.78 is 12.8. The number of benzene rings is 1. The Morgan fingerprint density at radius 2 is 2.06 bits per heavy atom. The van der Waals surface area contributed by atoms with E-state index >= 15 is 0 Å². The number of rotatable bonds is 4. The molecule has 2 rings (SSSR count). The van der Waals surface area contributed by atoms with Crippen LogP contribution in [0.2, 0.25) is 0 Å². The molecule has 18 heavy (non-hydrogen) atoms. The number of β-amino-alcohol motifs (C(OH)–C–C–N with tert-alkyl or cyclic N) is 1. The van der Waals surface area contributed by atoms with Crippen LogP contribution in [0.4, 0.5) is 4.39 Å². The third kappa shape index (κ3) is 3.30. The first kappa shape index (κ1) is 13.5. The molecule has 2 nitrogen and oxygen atoms in total. The fourth-order valence-corrected chi connectivity index (χ4v) is 2.78. The number of aliphatic hydroxyl groups excluding tert-OH is 1. The second-order valence-corrected chi connectivity index (χ2v) is 5.12. The molecule has 3 heteroatoms. The molecule has 0 amide bonds. The first-order chi connectivity index (χ1) is 8.70. The minimum absolute atomic E-state index is 0.254. The van der Waals surface area contributed by atoms with E-state index < -0.39 is 6.10 Å². The van der Waals surface area contributed by atoms with Crippen LogP contribution < -0.4 is 0 Å². The molecule has 1 fully saturated rings. The Labute approximate surface area is 108 Å². The van der Waals surface area contributed by atoms with E-state index in [9.17, 15) is 9.50 Å². The molecular weight excluding hydrogens is 229 g/mol. The van der Waals surface area contributed by atoms with Gasteiger partial charge in [-0.3, -0.25) is 4.90 Å². The molecule has 1 aliphatic rings. The van der Waals surface area contributed by atoms with Gasteiger partial charge >= 0.3 is 0 Å². The van der Waals surface area contributed by atoms with Crippen LogP contribution in [-0.2, 0) is 0 Å². The van der Waals surface area contributed by atoms with Crippen molar-refractivity contribution in [3.05, 3.63) is 35.6 Å². The van der Waals surface area contributed by atoms with E-state index in [2.05, 4.69) is 11.8 Å². The summed E-state index contributed by atoms with van der Waals surface area (Å²) in [4.78, 5) is 2.37. The van der Waals surface area contributed by atoms with Gasteiger partial charge in [-0.15, -0.1) is 0 Å². The zero-order valence-corrected chi connectivity index (χ0v) is 11.0. The maximum atomic E-state index is 12.8. The zero-order valence-electron chi connectivity index (χ0n) is 11.0. The van der Waals surface area contributed by atoms with Crippen LogP contribution in [0.3, 0.4) is 0 Å². The van der Waals surface area contributed by atoms with Crippen molar-refractivity contribution in [3.63, 3.8) is 0 Å². The van der Waals surface area contributed by atoms with Gasteiger partial charge in [-0.25, -0.2) is 4.39 Å². The maximum Gasteiger partial charge on any atom is 0.123 e. The second-order valence-electron chi connectivity index (χ2n) is 5.12. The fourth-order valence-electron chi connectivity index (χ4n) is 2.78. The predicted molar refractivity (Wildman–Crippen MR) is 70.9 cm³/mol. The van der Waals surface area contributed by atoms with Gasteiger partial charge in [0.05, 0.1) is 6.10 Å². The van der Waals surface area contributed by atoms with E-state index in [1.54, 1.807) is 12.1 Å². The average Bonchev–Trinajstić information content (AvgIpc) is 2.40. The molecule has 1 N–H and O–H groups in total. The SMILES string of the molecule is CCC1CCCCN1CC(O)c1ccc(F)cc1. The van der Waals surface area contributed by atoms with Gasteiger partial charge in [-0.2, -0.15) is 0 Å². The molecule has 1 aromatic rings. The molecule has 0 bridgehead atoms. The highest BCUT2D eigenvalue weighted by Gasteiger charge is 2.23. The normalized spacial score (nSPS) is 22.9. The van der Waals surface area contributed by atoms with Gasteiger partial charge in [0.15, 0.2) is 0 Å². The molecule has 0 aromatic heterocycles. The first-order valence-electron chi connectivity index (χ1n) is 6.88. The highest BCUT2D eigenvalue weighted by Crippen LogP contribution is 2.23. The zero-order chi connectivity index (χ0) is 13.0. The lowest BCUT2D eigenvalue weighted by molar-refractivity contribution is 0.0656. The van der Waals surface area contributed by atoms with Crippen LogP contribution >= 0.6 is 0 Å². The number of hydrogen-bond acceptors (Lipinski definition) is 2. The topological polar surface area (TPSA) is 23.5 Å². The largest absolute Gasteiger partial charge is 0.387 e. The molecule has 0 saturated carbocycles. The third-order valence-corrected chi connectivity index (χ3v) is 3.88. The van der Waals surface area contributed by atoms with Crippen molar-refractivity contribution in [2.75, 3.05) is 13.1 Å². The van der Waals surface area contributed by atoms with Crippen molar-refractivity contribution in [2.45, 2.75) is 44.8 Å². The highest BCUT2D eigenvalue weighted by atomic mass is 19.1. The number of halogens is 1. The van der Waals surface area contributed by atoms with Crippen molar-refractivity contribution in [1.29, 1.82) is 0 Å². The smallest absolute Gasteiger partial charge is 0.123 e. The van der Waals surface area contributed by atoms with Crippen molar-refractivity contribution < 1.29 is 9.50 Å². The molecule has 2 atom stereocenters. The first-order valence-corrected chi connectivity index (χ1v) is 6.88. The van der Waals surface area contributed by atoms with Gasteiger partial charge < -0.3 is 5.11 Å². The number of aliphatic hydroxyl groups is 1. The molecule has 1 saturated heterocycles. The molecular formula is C15H22FNO. The van der Waals surface area contributed by atoms with Crippen LogP contribution in [0.1, 0.15) is 44.3 Å². The van der Waals surface area contributed by atoms with Gasteiger partial charge in [-0.05, 0) is 43.5 Å². The van der Waals surface area contributed by atoms with Crippen molar-refractivity contribution in [3.8, 4) is 0 Å². The summed E-state index contributed by atoms with van der Waals surface area (Å²) in [5, 5.41) is 10.2. The molecule has 1 aromatic carbocycles.